The summed E-state index contributed by atoms with van der Waals surface area (Å²) in [6.45, 7) is 1.47. The van der Waals surface area contributed by atoms with Crippen LogP contribution < -0.4 is 5.32 Å². The van der Waals surface area contributed by atoms with Crippen LogP contribution in [0, 0.1) is 6.92 Å². The Labute approximate surface area is 96.3 Å². The fourth-order valence-corrected chi connectivity index (χ4v) is 1.35. The number of halogens is 3. The monoisotopic (exact) mass is 247 g/mol. The molecule has 0 bridgehead atoms. The first-order chi connectivity index (χ1) is 7.80. The topological polar surface area (TPSA) is 49.3 Å². The molecule has 6 heteroatoms. The number of alkyl halides is 3. The predicted molar refractivity (Wildman–Crippen MR) is 56.9 cm³/mol. The summed E-state index contributed by atoms with van der Waals surface area (Å²) in [7, 11) is 0. The fourth-order valence-electron chi connectivity index (χ4n) is 1.35. The van der Waals surface area contributed by atoms with E-state index in [0.29, 0.717) is 0 Å². The molecule has 0 aliphatic rings. The molecule has 17 heavy (non-hydrogen) atoms. The van der Waals surface area contributed by atoms with Crippen molar-refractivity contribution in [1.29, 1.82) is 0 Å². The van der Waals surface area contributed by atoms with E-state index < -0.39 is 17.7 Å². The third kappa shape index (κ3) is 3.97. The summed E-state index contributed by atoms with van der Waals surface area (Å²) in [6.07, 6.45) is -4.54. The lowest BCUT2D eigenvalue weighted by Crippen LogP contribution is -2.11. The number of nitrogens with one attached hydrogen (secondary N) is 1. The number of aryl methyl sites for hydroxylation is 1. The van der Waals surface area contributed by atoms with Gasteiger partial charge in [0.1, 0.15) is 0 Å². The Kier molecular flexibility index (Phi) is 3.98. The van der Waals surface area contributed by atoms with E-state index in [0.717, 1.165) is 6.07 Å². The summed E-state index contributed by atoms with van der Waals surface area (Å²) in [5, 5.41) is 11.0. The molecule has 0 amide bonds. The van der Waals surface area contributed by atoms with Crippen LogP contribution in [0.25, 0.3) is 0 Å². The second-order valence-electron chi connectivity index (χ2n) is 3.60. The summed E-state index contributed by atoms with van der Waals surface area (Å²) in [5.41, 5.74) is -0.303. The Morgan fingerprint density at radius 2 is 2.06 bits per heavy atom. The normalized spacial score (nSPS) is 11.3. The molecule has 0 unspecified atom stereocenters. The van der Waals surface area contributed by atoms with Gasteiger partial charge in [0, 0.05) is 12.2 Å². The van der Waals surface area contributed by atoms with E-state index in [1.165, 1.54) is 19.1 Å². The Balaban J connectivity index is 2.79. The molecule has 1 aromatic rings. The van der Waals surface area contributed by atoms with Gasteiger partial charge in [-0.2, -0.15) is 13.2 Å². The maximum atomic E-state index is 12.6. The van der Waals surface area contributed by atoms with Crippen molar-refractivity contribution in [2.24, 2.45) is 0 Å². The van der Waals surface area contributed by atoms with Gasteiger partial charge >= 0.3 is 12.1 Å². The first-order valence-electron chi connectivity index (χ1n) is 4.94. The zero-order valence-electron chi connectivity index (χ0n) is 9.14. The number of rotatable bonds is 4. The molecule has 0 aliphatic heterocycles. The largest absolute Gasteiger partial charge is 0.481 e. The fraction of sp³-hybridized carbons (Fsp3) is 0.364. The number of carboxylic acid groups (broad SMARTS) is 1. The molecule has 0 aliphatic carbocycles. The number of hydrogen-bond acceptors (Lipinski definition) is 2. The van der Waals surface area contributed by atoms with Crippen LogP contribution in [0.3, 0.4) is 0 Å². The molecule has 0 fully saturated rings. The summed E-state index contributed by atoms with van der Waals surface area (Å²) < 4.78 is 37.7. The summed E-state index contributed by atoms with van der Waals surface area (Å²) >= 11 is 0. The first-order valence-corrected chi connectivity index (χ1v) is 4.94. The van der Waals surface area contributed by atoms with Crippen LogP contribution in [0.2, 0.25) is 0 Å². The summed E-state index contributed by atoms with van der Waals surface area (Å²) in [5.74, 6) is -0.999. The Hall–Kier alpha value is -1.72. The Morgan fingerprint density at radius 3 is 2.59 bits per heavy atom. The van der Waals surface area contributed by atoms with Crippen molar-refractivity contribution in [3.63, 3.8) is 0 Å². The van der Waals surface area contributed by atoms with E-state index in [1.807, 2.05) is 0 Å². The molecule has 0 spiro atoms. The van der Waals surface area contributed by atoms with Crippen molar-refractivity contribution in [2.75, 3.05) is 11.9 Å². The summed E-state index contributed by atoms with van der Waals surface area (Å²) in [4.78, 5) is 10.2. The molecule has 3 nitrogen and oxygen atoms in total. The number of carboxylic acids is 1. The molecule has 1 aromatic carbocycles. The lowest BCUT2D eigenvalue weighted by Gasteiger charge is -2.12. The number of hydrogen-bond donors (Lipinski definition) is 2. The van der Waals surface area contributed by atoms with Crippen LogP contribution >= 0.6 is 0 Å². The van der Waals surface area contributed by atoms with Crippen LogP contribution in [0.15, 0.2) is 18.2 Å². The molecule has 0 aromatic heterocycles. The molecule has 0 heterocycles. The van der Waals surface area contributed by atoms with Gasteiger partial charge in [0.15, 0.2) is 0 Å². The molecule has 2 N–H and O–H groups in total. The molecular formula is C11H12F3NO2. The SMILES string of the molecule is Cc1ccc(NCCC(=O)O)cc1C(F)(F)F. The predicted octanol–water partition coefficient (Wildman–Crippen LogP) is 2.90. The summed E-state index contributed by atoms with van der Waals surface area (Å²) in [6, 6.07) is 3.83. The van der Waals surface area contributed by atoms with Gasteiger partial charge in [-0.05, 0) is 24.6 Å². The standard InChI is InChI=1S/C11H12F3NO2/c1-7-2-3-8(15-5-4-10(16)17)6-9(7)11(12,13)14/h2-3,6,15H,4-5H2,1H3,(H,16,17). The van der Waals surface area contributed by atoms with Crippen molar-refractivity contribution in [1.82, 2.24) is 0 Å². The number of aliphatic carboxylic acids is 1. The number of carbonyl (C=O) groups is 1. The minimum atomic E-state index is -4.39. The second kappa shape index (κ2) is 5.07. The molecule has 0 saturated carbocycles. The van der Waals surface area contributed by atoms with Gasteiger partial charge in [0.05, 0.1) is 12.0 Å². The average molecular weight is 247 g/mol. The van der Waals surface area contributed by atoms with E-state index in [2.05, 4.69) is 5.32 Å². The van der Waals surface area contributed by atoms with E-state index >= 15 is 0 Å². The van der Waals surface area contributed by atoms with Crippen molar-refractivity contribution < 1.29 is 23.1 Å². The maximum absolute atomic E-state index is 12.6. The zero-order chi connectivity index (χ0) is 13.1. The highest BCUT2D eigenvalue weighted by atomic mass is 19.4. The minimum Gasteiger partial charge on any atom is -0.481 e. The van der Waals surface area contributed by atoms with Crippen molar-refractivity contribution in [2.45, 2.75) is 19.5 Å². The molecule has 0 atom stereocenters. The highest BCUT2D eigenvalue weighted by molar-refractivity contribution is 5.67. The first kappa shape index (κ1) is 13.3. The minimum absolute atomic E-state index is 0.0929. The molecule has 94 valence electrons. The van der Waals surface area contributed by atoms with Gasteiger partial charge in [-0.25, -0.2) is 0 Å². The third-order valence-electron chi connectivity index (χ3n) is 2.21. The zero-order valence-corrected chi connectivity index (χ0v) is 9.14. The average Bonchev–Trinajstić information content (AvgIpc) is 2.18. The maximum Gasteiger partial charge on any atom is 0.416 e. The van der Waals surface area contributed by atoms with Gasteiger partial charge in [-0.3, -0.25) is 4.79 Å². The lowest BCUT2D eigenvalue weighted by molar-refractivity contribution is -0.138. The molecule has 0 saturated heterocycles. The van der Waals surface area contributed by atoms with E-state index in [4.69, 9.17) is 5.11 Å². The van der Waals surface area contributed by atoms with Crippen molar-refractivity contribution in [3.8, 4) is 0 Å². The molecular weight excluding hydrogens is 235 g/mol. The van der Waals surface area contributed by atoms with Crippen LogP contribution in [-0.4, -0.2) is 17.6 Å². The van der Waals surface area contributed by atoms with Gasteiger partial charge in [0.2, 0.25) is 0 Å². The lowest BCUT2D eigenvalue weighted by atomic mass is 10.1. The van der Waals surface area contributed by atoms with E-state index in [-0.39, 0.29) is 24.2 Å². The Bertz CT molecular complexity index is 416. The quantitative estimate of drug-likeness (QED) is 0.860. The van der Waals surface area contributed by atoms with Crippen LogP contribution in [0.4, 0.5) is 18.9 Å². The van der Waals surface area contributed by atoms with Gasteiger partial charge < -0.3 is 10.4 Å². The van der Waals surface area contributed by atoms with Crippen LogP contribution in [-0.2, 0) is 11.0 Å². The van der Waals surface area contributed by atoms with Gasteiger partial charge in [-0.15, -0.1) is 0 Å². The van der Waals surface area contributed by atoms with E-state index in [9.17, 15) is 18.0 Å². The highest BCUT2D eigenvalue weighted by Crippen LogP contribution is 2.33. The van der Waals surface area contributed by atoms with Gasteiger partial charge in [0.25, 0.3) is 0 Å². The van der Waals surface area contributed by atoms with Crippen molar-refractivity contribution >= 4 is 11.7 Å². The van der Waals surface area contributed by atoms with Crippen molar-refractivity contribution in [3.05, 3.63) is 29.3 Å². The number of anilines is 1. The molecule has 1 rings (SSSR count). The van der Waals surface area contributed by atoms with Gasteiger partial charge in [-0.1, -0.05) is 6.07 Å². The highest BCUT2D eigenvalue weighted by Gasteiger charge is 2.32. The second-order valence-corrected chi connectivity index (χ2v) is 3.60. The number of benzene rings is 1. The van der Waals surface area contributed by atoms with Crippen LogP contribution in [0.5, 0.6) is 0 Å². The molecule has 0 radical (unpaired) electrons. The van der Waals surface area contributed by atoms with Crippen LogP contribution in [0.1, 0.15) is 17.5 Å². The Morgan fingerprint density at radius 1 is 1.41 bits per heavy atom. The van der Waals surface area contributed by atoms with E-state index in [1.54, 1.807) is 0 Å². The third-order valence-corrected chi connectivity index (χ3v) is 2.21. The smallest absolute Gasteiger partial charge is 0.416 e.